The zero-order valence-corrected chi connectivity index (χ0v) is 15.3. The van der Waals surface area contributed by atoms with E-state index < -0.39 is 15.3 Å². The minimum Gasteiger partial charge on any atom is -0.355 e. The largest absolute Gasteiger partial charge is 0.355 e. The van der Waals surface area contributed by atoms with E-state index in [0.717, 1.165) is 0 Å². The van der Waals surface area contributed by atoms with Gasteiger partial charge in [-0.15, -0.1) is 0 Å². The Labute approximate surface area is 134 Å². The smallest absolute Gasteiger partial charge is 0.225 e. The number of rotatable bonds is 7. The van der Waals surface area contributed by atoms with Crippen molar-refractivity contribution < 1.29 is 13.2 Å². The molecule has 0 aliphatic heterocycles. The molecule has 1 amide bonds. The summed E-state index contributed by atoms with van der Waals surface area (Å²) < 4.78 is 22.3. The summed E-state index contributed by atoms with van der Waals surface area (Å²) in [4.78, 5) is 15.8. The van der Waals surface area contributed by atoms with Gasteiger partial charge in [-0.05, 0) is 13.3 Å². The van der Waals surface area contributed by atoms with Crippen LogP contribution in [-0.4, -0.2) is 58.5 Å². The second-order valence-corrected chi connectivity index (χ2v) is 8.73. The predicted octanol–water partition coefficient (Wildman–Crippen LogP) is 0.137. The third-order valence-corrected chi connectivity index (χ3v) is 3.89. The number of amides is 1. The van der Waals surface area contributed by atoms with Gasteiger partial charge in [-0.2, -0.15) is 0 Å². The van der Waals surface area contributed by atoms with Gasteiger partial charge in [0.2, 0.25) is 5.91 Å². The maximum absolute atomic E-state index is 11.7. The first-order valence-electron chi connectivity index (χ1n) is 7.39. The first-order valence-corrected chi connectivity index (χ1v) is 9.45. The van der Waals surface area contributed by atoms with E-state index in [1.54, 1.807) is 7.05 Å². The van der Waals surface area contributed by atoms with Gasteiger partial charge < -0.3 is 16.0 Å². The molecule has 0 saturated heterocycles. The molecule has 1 atom stereocenters. The highest BCUT2D eigenvalue weighted by atomic mass is 32.2. The Balaban J connectivity index is 4.06. The quantitative estimate of drug-likeness (QED) is 0.349. The number of sulfone groups is 1. The van der Waals surface area contributed by atoms with E-state index in [9.17, 15) is 13.2 Å². The second kappa shape index (κ2) is 8.97. The van der Waals surface area contributed by atoms with Gasteiger partial charge in [0.15, 0.2) is 5.96 Å². The summed E-state index contributed by atoms with van der Waals surface area (Å²) >= 11 is 0. The Morgan fingerprint density at radius 3 is 2.18 bits per heavy atom. The van der Waals surface area contributed by atoms with E-state index in [1.807, 2.05) is 27.7 Å². The summed E-state index contributed by atoms with van der Waals surface area (Å²) in [7, 11) is -1.31. The molecule has 1 unspecified atom stereocenters. The highest BCUT2D eigenvalue weighted by Gasteiger charge is 2.20. The number of guanidine groups is 1. The van der Waals surface area contributed by atoms with Crippen LogP contribution in [0.15, 0.2) is 4.99 Å². The Bertz CT molecular complexity index is 481. The van der Waals surface area contributed by atoms with Crippen molar-refractivity contribution >= 4 is 21.7 Å². The third kappa shape index (κ3) is 10.4. The van der Waals surface area contributed by atoms with Crippen LogP contribution in [0.25, 0.3) is 0 Å². The summed E-state index contributed by atoms with van der Waals surface area (Å²) in [5.74, 6) is 0.726. The van der Waals surface area contributed by atoms with Gasteiger partial charge in [0.1, 0.15) is 9.84 Å². The molecular weight excluding hydrogens is 304 g/mol. The lowest BCUT2D eigenvalue weighted by Crippen LogP contribution is -2.46. The van der Waals surface area contributed by atoms with Crippen molar-refractivity contribution in [2.24, 2.45) is 10.4 Å². The Kier molecular flexibility index (Phi) is 8.44. The lowest BCUT2D eigenvalue weighted by molar-refractivity contribution is -0.128. The van der Waals surface area contributed by atoms with E-state index in [2.05, 4.69) is 20.9 Å². The molecular formula is C14H30N4O3S. The number of aliphatic imine (C=N–C) groups is 1. The number of hydrogen-bond donors (Lipinski definition) is 3. The predicted molar refractivity (Wildman–Crippen MR) is 90.8 cm³/mol. The van der Waals surface area contributed by atoms with Crippen LogP contribution in [0.5, 0.6) is 0 Å². The molecule has 0 aromatic carbocycles. The van der Waals surface area contributed by atoms with E-state index in [1.165, 1.54) is 6.26 Å². The molecule has 0 aromatic rings. The molecule has 0 aliphatic carbocycles. The molecule has 0 saturated carbocycles. The average Bonchev–Trinajstić information content (AvgIpc) is 2.37. The fraction of sp³-hybridized carbons (Fsp3) is 0.857. The van der Waals surface area contributed by atoms with Crippen LogP contribution in [-0.2, 0) is 14.6 Å². The van der Waals surface area contributed by atoms with Crippen molar-refractivity contribution in [2.45, 2.75) is 40.2 Å². The number of hydrogen-bond acceptors (Lipinski definition) is 4. The Hall–Kier alpha value is -1.31. The van der Waals surface area contributed by atoms with Crippen molar-refractivity contribution in [3.8, 4) is 0 Å². The fourth-order valence-corrected chi connectivity index (χ4v) is 2.29. The van der Waals surface area contributed by atoms with Gasteiger partial charge in [-0.1, -0.05) is 20.8 Å². The Morgan fingerprint density at radius 1 is 1.18 bits per heavy atom. The molecule has 0 heterocycles. The monoisotopic (exact) mass is 334 g/mol. The zero-order valence-electron chi connectivity index (χ0n) is 14.5. The highest BCUT2D eigenvalue weighted by molar-refractivity contribution is 7.90. The molecule has 130 valence electrons. The SMILES string of the molecule is CN=C(NCCNC(=O)C(C)(C)C)NC(C)CCS(C)(=O)=O. The van der Waals surface area contributed by atoms with Crippen molar-refractivity contribution in [1.82, 2.24) is 16.0 Å². The van der Waals surface area contributed by atoms with Gasteiger partial charge >= 0.3 is 0 Å². The van der Waals surface area contributed by atoms with Gasteiger partial charge in [-0.3, -0.25) is 9.79 Å². The van der Waals surface area contributed by atoms with Gasteiger partial charge in [0.25, 0.3) is 0 Å². The second-order valence-electron chi connectivity index (χ2n) is 6.47. The number of carbonyl (C=O) groups is 1. The first kappa shape index (κ1) is 20.7. The van der Waals surface area contributed by atoms with Crippen LogP contribution < -0.4 is 16.0 Å². The minimum absolute atomic E-state index is 0.00114. The molecule has 0 spiro atoms. The van der Waals surface area contributed by atoms with Crippen molar-refractivity contribution in [3.63, 3.8) is 0 Å². The van der Waals surface area contributed by atoms with Gasteiger partial charge in [-0.25, -0.2) is 8.42 Å². The molecule has 0 fully saturated rings. The molecule has 3 N–H and O–H groups in total. The average molecular weight is 334 g/mol. The first-order chi connectivity index (χ1) is 9.95. The summed E-state index contributed by atoms with van der Waals surface area (Å²) in [5, 5.41) is 9.04. The summed E-state index contributed by atoms with van der Waals surface area (Å²) in [6.07, 6.45) is 1.74. The minimum atomic E-state index is -2.95. The van der Waals surface area contributed by atoms with Crippen LogP contribution in [0.4, 0.5) is 0 Å². The standard InChI is InChI=1S/C14H30N4O3S/c1-11(7-10-22(6,20)21)18-13(15-5)17-9-8-16-12(19)14(2,3)4/h11H,7-10H2,1-6H3,(H,16,19)(H2,15,17,18). The van der Waals surface area contributed by atoms with Crippen molar-refractivity contribution in [3.05, 3.63) is 0 Å². The maximum Gasteiger partial charge on any atom is 0.225 e. The zero-order chi connectivity index (χ0) is 17.4. The highest BCUT2D eigenvalue weighted by Crippen LogP contribution is 2.11. The normalized spacial score (nSPS) is 14.4. The fourth-order valence-electron chi connectivity index (χ4n) is 1.51. The maximum atomic E-state index is 11.7. The van der Waals surface area contributed by atoms with Crippen molar-refractivity contribution in [2.75, 3.05) is 32.1 Å². The van der Waals surface area contributed by atoms with Gasteiger partial charge in [0.05, 0.1) is 5.75 Å². The van der Waals surface area contributed by atoms with E-state index in [0.29, 0.717) is 25.5 Å². The van der Waals surface area contributed by atoms with Crippen LogP contribution in [0.3, 0.4) is 0 Å². The molecule has 22 heavy (non-hydrogen) atoms. The molecule has 0 radical (unpaired) electrons. The number of nitrogens with zero attached hydrogens (tertiary/aromatic N) is 1. The van der Waals surface area contributed by atoms with E-state index >= 15 is 0 Å². The van der Waals surface area contributed by atoms with Crippen LogP contribution in [0.1, 0.15) is 34.1 Å². The summed E-state index contributed by atoms with van der Waals surface area (Å²) in [6, 6.07) is -0.00917. The van der Waals surface area contributed by atoms with Crippen molar-refractivity contribution in [1.29, 1.82) is 0 Å². The molecule has 8 heteroatoms. The Morgan fingerprint density at radius 2 is 1.73 bits per heavy atom. The molecule has 7 nitrogen and oxygen atoms in total. The summed E-state index contributed by atoms with van der Waals surface area (Å²) in [6.45, 7) is 8.52. The summed E-state index contributed by atoms with van der Waals surface area (Å²) in [5.41, 5.74) is -0.403. The molecule has 0 rings (SSSR count). The topological polar surface area (TPSA) is 99.7 Å². The van der Waals surface area contributed by atoms with E-state index in [4.69, 9.17) is 0 Å². The lowest BCUT2D eigenvalue weighted by atomic mass is 9.96. The lowest BCUT2D eigenvalue weighted by Gasteiger charge is -2.19. The van der Waals surface area contributed by atoms with Crippen LogP contribution in [0.2, 0.25) is 0 Å². The van der Waals surface area contributed by atoms with Crippen LogP contribution >= 0.6 is 0 Å². The molecule has 0 bridgehead atoms. The molecule has 0 aliphatic rings. The number of nitrogens with one attached hydrogen (secondary N) is 3. The van der Waals surface area contributed by atoms with Crippen LogP contribution in [0, 0.1) is 5.41 Å². The van der Waals surface area contributed by atoms with Gasteiger partial charge in [0, 0.05) is 37.8 Å². The van der Waals surface area contributed by atoms with E-state index in [-0.39, 0.29) is 17.7 Å². The third-order valence-electron chi connectivity index (χ3n) is 2.91. The number of carbonyl (C=O) groups excluding carboxylic acids is 1. The molecule has 0 aromatic heterocycles.